The lowest BCUT2D eigenvalue weighted by atomic mass is 9.99. The normalized spacial score (nSPS) is 13.5. The van der Waals surface area contributed by atoms with Gasteiger partial charge in [0.05, 0.1) is 43.0 Å². The van der Waals surface area contributed by atoms with E-state index in [1.54, 1.807) is 4.57 Å². The minimum absolute atomic E-state index is 0.0764. The highest BCUT2D eigenvalue weighted by molar-refractivity contribution is 6.16. The van der Waals surface area contributed by atoms with Crippen LogP contribution in [0.15, 0.2) is 206 Å². The standard InChI is InChI=1S/C52H34N2/c1-3-15-35(16-4-1)41-22-9-11-26-48(41)54-51-32-30-39(34-46(51)44-25-14-24-42(52(44)54)37-17-5-2-6-18-37)38-29-31-50-45(33-38)43-23-10-12-27-49(43)53(50)47-28-13-20-36-19-7-8-21-40(36)47/h1-34H/i10D,12D,23D,27D,29D,31D,33D. The summed E-state index contributed by atoms with van der Waals surface area (Å²) in [6.07, 6.45) is 0. The summed E-state index contributed by atoms with van der Waals surface area (Å²) in [5, 5.41) is 3.95. The molecule has 0 aliphatic rings. The van der Waals surface area contributed by atoms with E-state index in [0.717, 1.165) is 60.5 Å². The molecule has 0 saturated heterocycles. The molecule has 11 rings (SSSR count). The number of rotatable bonds is 5. The second-order valence-electron chi connectivity index (χ2n) is 13.5. The molecule has 0 radical (unpaired) electrons. The number of hydrogen-bond acceptors (Lipinski definition) is 0. The molecule has 2 aromatic heterocycles. The zero-order chi connectivity index (χ0) is 41.7. The van der Waals surface area contributed by atoms with E-state index in [1.807, 2.05) is 109 Å². The van der Waals surface area contributed by atoms with Crippen LogP contribution in [-0.4, -0.2) is 9.13 Å². The van der Waals surface area contributed by atoms with Crippen molar-refractivity contribution in [3.8, 4) is 44.8 Å². The van der Waals surface area contributed by atoms with Crippen LogP contribution < -0.4 is 0 Å². The van der Waals surface area contributed by atoms with Gasteiger partial charge in [-0.3, -0.25) is 0 Å². The van der Waals surface area contributed by atoms with Gasteiger partial charge in [0, 0.05) is 38.1 Å². The minimum Gasteiger partial charge on any atom is -0.309 e. The molecular formula is C52H34N2. The maximum Gasteiger partial charge on any atom is 0.0645 e. The Labute approximate surface area is 323 Å². The van der Waals surface area contributed by atoms with Crippen molar-refractivity contribution in [3.63, 3.8) is 0 Å². The third kappa shape index (κ3) is 4.67. The van der Waals surface area contributed by atoms with Gasteiger partial charge in [-0.25, -0.2) is 0 Å². The predicted molar refractivity (Wildman–Crippen MR) is 229 cm³/mol. The van der Waals surface area contributed by atoms with E-state index >= 15 is 0 Å². The number of para-hydroxylation sites is 3. The van der Waals surface area contributed by atoms with E-state index in [4.69, 9.17) is 2.74 Å². The van der Waals surface area contributed by atoms with Gasteiger partial charge in [0.15, 0.2) is 0 Å². The van der Waals surface area contributed by atoms with Crippen molar-refractivity contribution in [1.82, 2.24) is 9.13 Å². The van der Waals surface area contributed by atoms with Gasteiger partial charge in [0.1, 0.15) is 0 Å². The van der Waals surface area contributed by atoms with E-state index in [1.165, 1.54) is 0 Å². The largest absolute Gasteiger partial charge is 0.309 e. The summed E-state index contributed by atoms with van der Waals surface area (Å²) < 4.78 is 69.0. The van der Waals surface area contributed by atoms with Crippen LogP contribution in [0.5, 0.6) is 0 Å². The summed E-state index contributed by atoms with van der Waals surface area (Å²) in [4.78, 5) is 0. The molecular weight excluding hydrogens is 653 g/mol. The average molecular weight is 694 g/mol. The molecule has 54 heavy (non-hydrogen) atoms. The lowest BCUT2D eigenvalue weighted by Gasteiger charge is -2.16. The molecule has 9 aromatic carbocycles. The lowest BCUT2D eigenvalue weighted by molar-refractivity contribution is 1.18. The van der Waals surface area contributed by atoms with Gasteiger partial charge in [-0.05, 0) is 70.0 Å². The molecule has 0 unspecified atom stereocenters. The fraction of sp³-hybridized carbons (Fsp3) is 0. The second-order valence-corrected chi connectivity index (χ2v) is 13.5. The number of hydrogen-bond donors (Lipinski definition) is 0. The summed E-state index contributed by atoms with van der Waals surface area (Å²) in [7, 11) is 0. The fourth-order valence-corrected chi connectivity index (χ4v) is 8.16. The molecule has 2 heterocycles. The van der Waals surface area contributed by atoms with Gasteiger partial charge >= 0.3 is 0 Å². The van der Waals surface area contributed by atoms with E-state index in [2.05, 4.69) is 59.2 Å². The topological polar surface area (TPSA) is 9.86 Å². The van der Waals surface area contributed by atoms with Crippen LogP contribution in [0.2, 0.25) is 0 Å². The monoisotopic (exact) mass is 693 g/mol. The van der Waals surface area contributed by atoms with Crippen LogP contribution in [-0.2, 0) is 0 Å². The molecule has 0 aliphatic carbocycles. The SMILES string of the molecule is [2H]c1c([2H])c([2H])c2c(c1[2H])c1c([2H])c(-c3ccc4c(c3)c3cccc(-c5ccccc5)c3n4-c3ccccc3-c3ccccc3)c([2H])c([2H])c1n2-c1cccc2ccccc12. The molecule has 11 aromatic rings. The first-order valence-electron chi connectivity index (χ1n) is 21.5. The van der Waals surface area contributed by atoms with E-state index in [9.17, 15) is 6.85 Å². The minimum atomic E-state index is -0.420. The maximum absolute atomic E-state index is 9.93. The number of benzene rings is 9. The van der Waals surface area contributed by atoms with Gasteiger partial charge in [-0.1, -0.05) is 164 Å². The summed E-state index contributed by atoms with van der Waals surface area (Å²) in [6.45, 7) is 0. The van der Waals surface area contributed by atoms with E-state index in [-0.39, 0.29) is 57.6 Å². The Morgan fingerprint density at radius 2 is 1.00 bits per heavy atom. The van der Waals surface area contributed by atoms with Gasteiger partial charge in [0.2, 0.25) is 0 Å². The zero-order valence-electron chi connectivity index (χ0n) is 36.0. The molecule has 0 aliphatic heterocycles. The van der Waals surface area contributed by atoms with Gasteiger partial charge in [0.25, 0.3) is 0 Å². The van der Waals surface area contributed by atoms with Crippen molar-refractivity contribution < 1.29 is 9.60 Å². The number of nitrogens with zero attached hydrogens (tertiary/aromatic N) is 2. The van der Waals surface area contributed by atoms with Crippen molar-refractivity contribution in [2.24, 2.45) is 0 Å². The van der Waals surface area contributed by atoms with Crippen molar-refractivity contribution in [2.45, 2.75) is 0 Å². The molecule has 2 nitrogen and oxygen atoms in total. The first-order valence-corrected chi connectivity index (χ1v) is 18.0. The van der Waals surface area contributed by atoms with Gasteiger partial charge in [-0.2, -0.15) is 0 Å². The highest BCUT2D eigenvalue weighted by Crippen LogP contribution is 2.43. The smallest absolute Gasteiger partial charge is 0.0645 e. The molecule has 0 N–H and O–H groups in total. The van der Waals surface area contributed by atoms with E-state index in [0.29, 0.717) is 11.3 Å². The zero-order valence-corrected chi connectivity index (χ0v) is 29.0. The van der Waals surface area contributed by atoms with Crippen LogP contribution in [0.1, 0.15) is 9.60 Å². The summed E-state index contributed by atoms with van der Waals surface area (Å²) in [5.74, 6) is 0. The van der Waals surface area contributed by atoms with Crippen LogP contribution in [0, 0.1) is 0 Å². The van der Waals surface area contributed by atoms with Gasteiger partial charge in [-0.15, -0.1) is 0 Å². The molecule has 0 atom stereocenters. The first-order chi connectivity index (χ1) is 29.7. The third-order valence-corrected chi connectivity index (χ3v) is 10.6. The molecule has 0 bridgehead atoms. The molecule has 0 fully saturated rings. The van der Waals surface area contributed by atoms with Crippen LogP contribution in [0.4, 0.5) is 0 Å². The molecule has 0 spiro atoms. The predicted octanol–water partition coefficient (Wildman–Crippen LogP) is 14.0. The average Bonchev–Trinajstić information content (AvgIpc) is 3.84. The Hall–Kier alpha value is -7.16. The molecule has 0 saturated carbocycles. The third-order valence-electron chi connectivity index (χ3n) is 10.6. The Morgan fingerprint density at radius 1 is 0.352 bits per heavy atom. The van der Waals surface area contributed by atoms with Crippen molar-refractivity contribution in [3.05, 3.63) is 206 Å². The Kier molecular flexibility index (Phi) is 5.47. The van der Waals surface area contributed by atoms with Crippen molar-refractivity contribution >= 4 is 54.4 Å². The Balaban J connectivity index is 1.25. The van der Waals surface area contributed by atoms with Crippen LogP contribution in [0.25, 0.3) is 99.1 Å². The van der Waals surface area contributed by atoms with Gasteiger partial charge < -0.3 is 9.13 Å². The molecule has 0 amide bonds. The quantitative estimate of drug-likeness (QED) is 0.170. The Morgan fingerprint density at radius 3 is 1.87 bits per heavy atom. The first kappa shape index (κ1) is 24.2. The van der Waals surface area contributed by atoms with Crippen molar-refractivity contribution in [2.75, 3.05) is 0 Å². The molecule has 252 valence electrons. The summed E-state index contributed by atoms with van der Waals surface area (Å²) in [5.41, 5.74) is 8.92. The number of aromatic nitrogens is 2. The van der Waals surface area contributed by atoms with E-state index < -0.39 is 12.1 Å². The summed E-state index contributed by atoms with van der Waals surface area (Å²) in [6, 6.07) is 52.8. The second kappa shape index (κ2) is 12.2. The van der Waals surface area contributed by atoms with Crippen LogP contribution in [0.3, 0.4) is 0 Å². The maximum atomic E-state index is 9.93. The summed E-state index contributed by atoms with van der Waals surface area (Å²) >= 11 is 0. The lowest BCUT2D eigenvalue weighted by Crippen LogP contribution is -1.98. The highest BCUT2D eigenvalue weighted by atomic mass is 15.0. The van der Waals surface area contributed by atoms with Crippen LogP contribution >= 0.6 is 0 Å². The highest BCUT2D eigenvalue weighted by Gasteiger charge is 2.20. The number of fused-ring (bicyclic) bond motifs is 7. The van der Waals surface area contributed by atoms with Crippen molar-refractivity contribution in [1.29, 1.82) is 0 Å². The Bertz CT molecular complexity index is 3600. The molecule has 2 heteroatoms. The fourth-order valence-electron chi connectivity index (χ4n) is 8.16.